The van der Waals surface area contributed by atoms with Crippen molar-refractivity contribution in [1.29, 1.82) is 0 Å². The zero-order chi connectivity index (χ0) is 15.1. The summed E-state index contributed by atoms with van der Waals surface area (Å²) in [6.07, 6.45) is 0.136. The normalized spacial score (nSPS) is 10.0. The van der Waals surface area contributed by atoms with Gasteiger partial charge in [-0.3, -0.25) is 9.59 Å². The van der Waals surface area contributed by atoms with Crippen LogP contribution in [0.1, 0.15) is 6.42 Å². The van der Waals surface area contributed by atoms with Crippen molar-refractivity contribution in [2.75, 3.05) is 27.3 Å². The molecule has 1 aromatic rings. The molecule has 1 amide bonds. The van der Waals surface area contributed by atoms with E-state index in [1.807, 2.05) is 0 Å². The fourth-order valence-corrected chi connectivity index (χ4v) is 1.66. The zero-order valence-electron chi connectivity index (χ0n) is 11.2. The van der Waals surface area contributed by atoms with Gasteiger partial charge in [0, 0.05) is 24.7 Å². The quantitative estimate of drug-likeness (QED) is 0.755. The maximum absolute atomic E-state index is 11.8. The summed E-state index contributed by atoms with van der Waals surface area (Å²) in [7, 11) is 2.88. The number of rotatable bonds is 6. The monoisotopic (exact) mass is 319 g/mol. The number of hydrogen-bond acceptors (Lipinski definition) is 4. The summed E-state index contributed by atoms with van der Waals surface area (Å²) in [5.41, 5.74) is 0. The third kappa shape index (κ3) is 5.27. The van der Waals surface area contributed by atoms with Gasteiger partial charge in [-0.15, -0.1) is 0 Å². The molecule has 20 heavy (non-hydrogen) atoms. The van der Waals surface area contributed by atoms with Crippen LogP contribution in [0.4, 0.5) is 0 Å². The van der Waals surface area contributed by atoms with Crippen LogP contribution in [0.2, 0.25) is 10.0 Å². The molecule has 0 aromatic heterocycles. The van der Waals surface area contributed by atoms with Crippen LogP contribution in [0.15, 0.2) is 18.2 Å². The van der Waals surface area contributed by atoms with E-state index in [4.69, 9.17) is 27.9 Å². The molecule has 0 saturated carbocycles. The first-order valence-corrected chi connectivity index (χ1v) is 6.58. The van der Waals surface area contributed by atoms with E-state index in [1.54, 1.807) is 19.2 Å². The molecule has 0 fully saturated rings. The summed E-state index contributed by atoms with van der Waals surface area (Å²) >= 11 is 11.7. The minimum absolute atomic E-state index is 0.136. The van der Waals surface area contributed by atoms with Crippen LogP contribution < -0.4 is 4.74 Å². The highest BCUT2D eigenvalue weighted by Gasteiger charge is 2.12. The summed E-state index contributed by atoms with van der Waals surface area (Å²) < 4.78 is 9.81. The second-order valence-electron chi connectivity index (χ2n) is 4.00. The van der Waals surface area contributed by atoms with Crippen molar-refractivity contribution in [3.8, 4) is 5.75 Å². The van der Waals surface area contributed by atoms with E-state index in [9.17, 15) is 9.59 Å². The summed E-state index contributed by atoms with van der Waals surface area (Å²) in [5.74, 6) is -0.303. The van der Waals surface area contributed by atoms with Crippen molar-refractivity contribution in [2.45, 2.75) is 6.42 Å². The highest BCUT2D eigenvalue weighted by atomic mass is 35.5. The van der Waals surface area contributed by atoms with Gasteiger partial charge in [-0.25, -0.2) is 0 Å². The smallest absolute Gasteiger partial charge is 0.307 e. The number of amides is 1. The van der Waals surface area contributed by atoms with Crippen LogP contribution in [0, 0.1) is 0 Å². The molecule has 0 N–H and O–H groups in total. The molecule has 0 unspecified atom stereocenters. The van der Waals surface area contributed by atoms with Crippen LogP contribution in [0.5, 0.6) is 5.75 Å². The number of carbonyl (C=O) groups is 2. The highest BCUT2D eigenvalue weighted by Crippen LogP contribution is 2.27. The maximum atomic E-state index is 11.8. The number of nitrogens with zero attached hydrogens (tertiary/aromatic N) is 1. The van der Waals surface area contributed by atoms with Crippen molar-refractivity contribution in [1.82, 2.24) is 4.90 Å². The highest BCUT2D eigenvalue weighted by molar-refractivity contribution is 6.34. The predicted molar refractivity (Wildman–Crippen MR) is 76.2 cm³/mol. The lowest BCUT2D eigenvalue weighted by molar-refractivity contribution is -0.141. The average molecular weight is 320 g/mol. The second-order valence-corrected chi connectivity index (χ2v) is 4.85. The molecule has 0 saturated heterocycles. The Morgan fingerprint density at radius 3 is 2.65 bits per heavy atom. The zero-order valence-corrected chi connectivity index (χ0v) is 12.7. The number of halogens is 2. The first kappa shape index (κ1) is 16.6. The van der Waals surface area contributed by atoms with Gasteiger partial charge in [-0.1, -0.05) is 23.2 Å². The van der Waals surface area contributed by atoms with Crippen LogP contribution in [-0.2, 0) is 14.3 Å². The van der Waals surface area contributed by atoms with Crippen molar-refractivity contribution >= 4 is 35.1 Å². The first-order chi connectivity index (χ1) is 9.43. The van der Waals surface area contributed by atoms with Gasteiger partial charge in [0.05, 0.1) is 18.6 Å². The summed E-state index contributed by atoms with van der Waals surface area (Å²) in [6.45, 7) is 0.0792. The standard InChI is InChI=1S/C13H15Cl2NO4/c1-16(6-5-13(18)19-2)12(17)8-20-11-7-9(14)3-4-10(11)15/h3-4,7H,5-6,8H2,1-2H3. The lowest BCUT2D eigenvalue weighted by Gasteiger charge is -2.17. The summed E-state index contributed by atoms with van der Waals surface area (Å²) in [4.78, 5) is 24.1. The molecule has 110 valence electrons. The van der Waals surface area contributed by atoms with Gasteiger partial charge < -0.3 is 14.4 Å². The average Bonchev–Trinajstić information content (AvgIpc) is 2.44. The Hall–Kier alpha value is -1.46. The minimum Gasteiger partial charge on any atom is -0.482 e. The van der Waals surface area contributed by atoms with E-state index in [0.29, 0.717) is 15.8 Å². The number of ether oxygens (including phenoxy) is 2. The topological polar surface area (TPSA) is 55.8 Å². The first-order valence-electron chi connectivity index (χ1n) is 5.82. The van der Waals surface area contributed by atoms with Gasteiger partial charge in [-0.2, -0.15) is 0 Å². The molecular formula is C13H15Cl2NO4. The van der Waals surface area contributed by atoms with E-state index >= 15 is 0 Å². The molecule has 0 aliphatic heterocycles. The predicted octanol–water partition coefficient (Wildman–Crippen LogP) is 2.39. The SMILES string of the molecule is COC(=O)CCN(C)C(=O)COc1cc(Cl)ccc1Cl. The van der Waals surface area contributed by atoms with Gasteiger partial charge in [0.15, 0.2) is 6.61 Å². The molecule has 1 rings (SSSR count). The Kier molecular flexibility index (Phi) is 6.61. The fraction of sp³-hybridized carbons (Fsp3) is 0.385. The Morgan fingerprint density at radius 2 is 2.00 bits per heavy atom. The molecule has 0 heterocycles. The van der Waals surface area contributed by atoms with Gasteiger partial charge in [0.1, 0.15) is 5.75 Å². The van der Waals surface area contributed by atoms with Gasteiger partial charge >= 0.3 is 5.97 Å². The van der Waals surface area contributed by atoms with E-state index in [-0.39, 0.29) is 31.4 Å². The minimum atomic E-state index is -0.372. The number of carbonyl (C=O) groups excluding carboxylic acids is 2. The summed E-state index contributed by atoms with van der Waals surface area (Å²) in [5, 5.41) is 0.843. The van der Waals surface area contributed by atoms with Gasteiger partial charge in [0.2, 0.25) is 0 Å². The van der Waals surface area contributed by atoms with Crippen LogP contribution in [0.3, 0.4) is 0 Å². The second kappa shape index (κ2) is 7.97. The molecule has 0 atom stereocenters. The molecule has 7 heteroatoms. The Labute approximate surface area is 127 Å². The van der Waals surface area contributed by atoms with E-state index in [1.165, 1.54) is 18.1 Å². The lowest BCUT2D eigenvalue weighted by atomic mass is 10.3. The molecule has 0 radical (unpaired) electrons. The molecule has 0 spiro atoms. The van der Waals surface area contributed by atoms with E-state index in [0.717, 1.165) is 0 Å². The molecule has 5 nitrogen and oxygen atoms in total. The molecule has 0 aliphatic carbocycles. The van der Waals surface area contributed by atoms with E-state index < -0.39 is 0 Å². The Balaban J connectivity index is 2.46. The fourth-order valence-electron chi connectivity index (χ4n) is 1.32. The van der Waals surface area contributed by atoms with Crippen LogP contribution >= 0.6 is 23.2 Å². The van der Waals surface area contributed by atoms with Gasteiger partial charge in [0.25, 0.3) is 5.91 Å². The van der Waals surface area contributed by atoms with Gasteiger partial charge in [-0.05, 0) is 12.1 Å². The number of likely N-dealkylation sites (N-methyl/N-ethyl adjacent to an activating group) is 1. The molecule has 0 bridgehead atoms. The number of esters is 1. The van der Waals surface area contributed by atoms with Crippen LogP contribution in [0.25, 0.3) is 0 Å². The Bertz CT molecular complexity index is 493. The molecular weight excluding hydrogens is 305 g/mol. The van der Waals surface area contributed by atoms with Crippen molar-refractivity contribution in [3.63, 3.8) is 0 Å². The van der Waals surface area contributed by atoms with Crippen molar-refractivity contribution in [3.05, 3.63) is 28.2 Å². The third-order valence-corrected chi connectivity index (χ3v) is 3.10. The number of methoxy groups -OCH3 is 1. The third-order valence-electron chi connectivity index (χ3n) is 2.55. The Morgan fingerprint density at radius 1 is 1.30 bits per heavy atom. The largest absolute Gasteiger partial charge is 0.482 e. The molecule has 0 aliphatic rings. The van der Waals surface area contributed by atoms with E-state index in [2.05, 4.69) is 4.74 Å². The van der Waals surface area contributed by atoms with Crippen molar-refractivity contribution < 1.29 is 19.1 Å². The van der Waals surface area contributed by atoms with Crippen LogP contribution in [-0.4, -0.2) is 44.1 Å². The lowest BCUT2D eigenvalue weighted by Crippen LogP contribution is -2.33. The van der Waals surface area contributed by atoms with Crippen molar-refractivity contribution in [2.24, 2.45) is 0 Å². The maximum Gasteiger partial charge on any atom is 0.307 e. The summed E-state index contributed by atoms with van der Waals surface area (Å²) in [6, 6.07) is 4.75. The number of benzene rings is 1. The molecule has 1 aromatic carbocycles. The number of hydrogen-bond donors (Lipinski definition) is 0.